The van der Waals surface area contributed by atoms with Crippen LogP contribution < -0.4 is 10.3 Å². The molecule has 0 atom stereocenters. The molecule has 0 aliphatic rings. The second kappa shape index (κ2) is 8.42. The van der Waals surface area contributed by atoms with E-state index in [1.165, 1.54) is 29.4 Å². The zero-order valence-corrected chi connectivity index (χ0v) is 17.1. The van der Waals surface area contributed by atoms with E-state index in [2.05, 4.69) is 9.71 Å². The number of sulfonamides is 1. The molecule has 2 aromatic carbocycles. The van der Waals surface area contributed by atoms with Crippen LogP contribution in [0.4, 0.5) is 4.39 Å². The molecule has 0 radical (unpaired) electrons. The molecule has 1 N–H and O–H groups in total. The van der Waals surface area contributed by atoms with Crippen LogP contribution in [0.3, 0.4) is 0 Å². The Bertz CT molecular complexity index is 1180. The first-order valence-electron chi connectivity index (χ1n) is 8.65. The SMILES string of the molecule is CNS(=O)(=O)CCCSc1nc2ccccc2c(=O)n1-c1ccc(C)c(F)c1. The number of hydrogen-bond donors (Lipinski definition) is 1. The summed E-state index contributed by atoms with van der Waals surface area (Å²) in [6.07, 6.45) is 0.388. The molecule has 0 spiro atoms. The van der Waals surface area contributed by atoms with Crippen molar-refractivity contribution in [3.8, 4) is 5.69 Å². The molecule has 9 heteroatoms. The maximum absolute atomic E-state index is 14.1. The summed E-state index contributed by atoms with van der Waals surface area (Å²) in [6.45, 7) is 1.65. The van der Waals surface area contributed by atoms with Gasteiger partial charge >= 0.3 is 0 Å². The predicted octanol–water partition coefficient (Wildman–Crippen LogP) is 2.86. The fraction of sp³-hybridized carbons (Fsp3) is 0.263. The number of benzene rings is 2. The van der Waals surface area contributed by atoms with E-state index < -0.39 is 15.8 Å². The van der Waals surface area contributed by atoms with Crippen molar-refractivity contribution in [3.63, 3.8) is 0 Å². The van der Waals surface area contributed by atoms with Gasteiger partial charge in [0.05, 0.1) is 22.3 Å². The van der Waals surface area contributed by atoms with E-state index in [1.54, 1.807) is 43.3 Å². The second-order valence-electron chi connectivity index (χ2n) is 6.21. The molecule has 6 nitrogen and oxygen atoms in total. The standard InChI is InChI=1S/C19H20FN3O3S2/c1-13-8-9-14(12-16(13)20)23-18(24)15-6-3-4-7-17(15)22-19(23)27-10-5-11-28(25,26)21-2/h3-4,6-9,12,21H,5,10-11H2,1-2H3. The molecule has 0 unspecified atom stereocenters. The zero-order valence-electron chi connectivity index (χ0n) is 15.5. The van der Waals surface area contributed by atoms with Crippen molar-refractivity contribution < 1.29 is 12.8 Å². The summed E-state index contributed by atoms with van der Waals surface area (Å²) in [4.78, 5) is 17.6. The summed E-state index contributed by atoms with van der Waals surface area (Å²) >= 11 is 1.27. The van der Waals surface area contributed by atoms with Gasteiger partial charge in [0.25, 0.3) is 5.56 Å². The van der Waals surface area contributed by atoms with Gasteiger partial charge in [-0.1, -0.05) is 30.0 Å². The molecule has 148 valence electrons. The quantitative estimate of drug-likeness (QED) is 0.360. The third-order valence-corrected chi connectivity index (χ3v) is 6.73. The van der Waals surface area contributed by atoms with Gasteiger partial charge in [-0.05, 0) is 50.2 Å². The van der Waals surface area contributed by atoms with Gasteiger partial charge in [0.2, 0.25) is 10.0 Å². The van der Waals surface area contributed by atoms with Crippen LogP contribution in [-0.2, 0) is 10.0 Å². The normalized spacial score (nSPS) is 11.8. The van der Waals surface area contributed by atoms with Crippen LogP contribution in [0.1, 0.15) is 12.0 Å². The van der Waals surface area contributed by atoms with E-state index in [1.807, 2.05) is 0 Å². The number of aryl methyl sites for hydroxylation is 1. The molecule has 1 heterocycles. The first-order valence-corrected chi connectivity index (χ1v) is 11.3. The van der Waals surface area contributed by atoms with Crippen molar-refractivity contribution in [1.82, 2.24) is 14.3 Å². The van der Waals surface area contributed by atoms with Crippen LogP contribution in [0, 0.1) is 12.7 Å². The number of nitrogens with one attached hydrogen (secondary N) is 1. The van der Waals surface area contributed by atoms with Gasteiger partial charge in [-0.25, -0.2) is 22.5 Å². The number of nitrogens with zero attached hydrogens (tertiary/aromatic N) is 2. The molecule has 0 aliphatic heterocycles. The molecule has 3 rings (SSSR count). The Labute approximate surface area is 166 Å². The van der Waals surface area contributed by atoms with E-state index in [0.29, 0.717) is 39.5 Å². The van der Waals surface area contributed by atoms with Gasteiger partial charge in [0.15, 0.2) is 5.16 Å². The number of aromatic nitrogens is 2. The smallest absolute Gasteiger partial charge is 0.266 e. The van der Waals surface area contributed by atoms with Gasteiger partial charge in [-0.15, -0.1) is 0 Å². The minimum Gasteiger partial charge on any atom is -0.268 e. The zero-order chi connectivity index (χ0) is 20.3. The third-order valence-electron chi connectivity index (χ3n) is 4.26. The van der Waals surface area contributed by atoms with Crippen molar-refractivity contribution in [2.45, 2.75) is 18.5 Å². The highest BCUT2D eigenvalue weighted by atomic mass is 32.2. The van der Waals surface area contributed by atoms with E-state index in [4.69, 9.17) is 0 Å². The molecule has 28 heavy (non-hydrogen) atoms. The maximum Gasteiger partial charge on any atom is 0.266 e. The monoisotopic (exact) mass is 421 g/mol. The number of thioether (sulfide) groups is 1. The minimum atomic E-state index is -3.29. The van der Waals surface area contributed by atoms with Crippen LogP contribution in [0.5, 0.6) is 0 Å². The Kier molecular flexibility index (Phi) is 6.17. The minimum absolute atomic E-state index is 0.0204. The Morgan fingerprint density at radius 3 is 2.68 bits per heavy atom. The topological polar surface area (TPSA) is 81.1 Å². The van der Waals surface area contributed by atoms with E-state index >= 15 is 0 Å². The fourth-order valence-electron chi connectivity index (χ4n) is 2.67. The summed E-state index contributed by atoms with van der Waals surface area (Å²) in [6, 6.07) is 11.6. The molecule has 0 bridgehead atoms. The summed E-state index contributed by atoms with van der Waals surface area (Å²) in [5.74, 6) is 0.0154. The largest absolute Gasteiger partial charge is 0.268 e. The molecule has 0 fully saturated rings. The van der Waals surface area contributed by atoms with Crippen molar-refractivity contribution in [3.05, 3.63) is 64.2 Å². The molecule has 0 saturated carbocycles. The number of hydrogen-bond acceptors (Lipinski definition) is 5. The average molecular weight is 422 g/mol. The first kappa shape index (κ1) is 20.5. The average Bonchev–Trinajstić information content (AvgIpc) is 2.68. The van der Waals surface area contributed by atoms with Crippen molar-refractivity contribution in [2.24, 2.45) is 0 Å². The molecule has 0 saturated heterocycles. The fourth-order valence-corrected chi connectivity index (χ4v) is 4.53. The summed E-state index contributed by atoms with van der Waals surface area (Å²) < 4.78 is 40.9. The lowest BCUT2D eigenvalue weighted by molar-refractivity contribution is 0.587. The van der Waals surface area contributed by atoms with E-state index in [-0.39, 0.29) is 11.3 Å². The number of halogens is 1. The Morgan fingerprint density at radius 1 is 1.21 bits per heavy atom. The number of para-hydroxylation sites is 1. The lowest BCUT2D eigenvalue weighted by Crippen LogP contribution is -2.23. The first-order chi connectivity index (χ1) is 13.3. The summed E-state index contributed by atoms with van der Waals surface area (Å²) in [5.41, 5.74) is 1.12. The van der Waals surface area contributed by atoms with E-state index in [0.717, 1.165) is 0 Å². The van der Waals surface area contributed by atoms with Crippen LogP contribution in [0.15, 0.2) is 52.4 Å². The molecular formula is C19H20FN3O3S2. The Hall–Kier alpha value is -2.23. The highest BCUT2D eigenvalue weighted by Gasteiger charge is 2.15. The predicted molar refractivity (Wildman–Crippen MR) is 110 cm³/mol. The molecular weight excluding hydrogens is 401 g/mol. The second-order valence-corrected chi connectivity index (χ2v) is 9.32. The highest BCUT2D eigenvalue weighted by molar-refractivity contribution is 7.99. The van der Waals surface area contributed by atoms with Crippen LogP contribution >= 0.6 is 11.8 Å². The lowest BCUT2D eigenvalue weighted by Gasteiger charge is -2.14. The molecule has 1 aromatic heterocycles. The van der Waals surface area contributed by atoms with Gasteiger partial charge in [0, 0.05) is 5.75 Å². The van der Waals surface area contributed by atoms with Crippen LogP contribution in [0.25, 0.3) is 16.6 Å². The Morgan fingerprint density at radius 2 is 1.96 bits per heavy atom. The molecule has 3 aromatic rings. The van der Waals surface area contributed by atoms with E-state index in [9.17, 15) is 17.6 Å². The Balaban J connectivity index is 2.02. The summed E-state index contributed by atoms with van der Waals surface area (Å²) in [7, 11) is -1.92. The van der Waals surface area contributed by atoms with Gasteiger partial charge in [-0.3, -0.25) is 9.36 Å². The van der Waals surface area contributed by atoms with Crippen molar-refractivity contribution in [1.29, 1.82) is 0 Å². The lowest BCUT2D eigenvalue weighted by atomic mass is 10.2. The van der Waals surface area contributed by atoms with Gasteiger partial charge in [0.1, 0.15) is 5.82 Å². The number of fused-ring (bicyclic) bond motifs is 1. The number of rotatable bonds is 7. The van der Waals surface area contributed by atoms with Gasteiger partial charge in [-0.2, -0.15) is 0 Å². The van der Waals surface area contributed by atoms with Crippen molar-refractivity contribution >= 4 is 32.7 Å². The molecule has 0 amide bonds. The van der Waals surface area contributed by atoms with Crippen LogP contribution in [-0.4, -0.2) is 36.5 Å². The van der Waals surface area contributed by atoms with Gasteiger partial charge < -0.3 is 0 Å². The van der Waals surface area contributed by atoms with Crippen molar-refractivity contribution in [2.75, 3.05) is 18.6 Å². The summed E-state index contributed by atoms with van der Waals surface area (Å²) in [5, 5.41) is 0.833. The maximum atomic E-state index is 14.1. The highest BCUT2D eigenvalue weighted by Crippen LogP contribution is 2.23. The third kappa shape index (κ3) is 4.43. The molecule has 0 aliphatic carbocycles. The van der Waals surface area contributed by atoms with Crippen LogP contribution in [0.2, 0.25) is 0 Å².